The fourth-order valence-electron chi connectivity index (χ4n) is 3.81. The molecule has 0 atom stereocenters. The Kier molecular flexibility index (Phi) is 6.52. The van der Waals surface area contributed by atoms with E-state index in [0.29, 0.717) is 30.8 Å². The van der Waals surface area contributed by atoms with Gasteiger partial charge in [-0.1, -0.05) is 37.7 Å². The van der Waals surface area contributed by atoms with Crippen LogP contribution in [0.2, 0.25) is 0 Å². The zero-order valence-electron chi connectivity index (χ0n) is 17.0. The highest BCUT2D eigenvalue weighted by molar-refractivity contribution is 7.99. The maximum atomic E-state index is 12.7. The lowest BCUT2D eigenvalue weighted by Gasteiger charge is -2.33. The van der Waals surface area contributed by atoms with Gasteiger partial charge in [0.2, 0.25) is 5.91 Å². The first kappa shape index (κ1) is 20.4. The minimum absolute atomic E-state index is 0.0812. The summed E-state index contributed by atoms with van der Waals surface area (Å²) in [5.74, 6) is 1.40. The fraction of sp³-hybridized carbons (Fsp3) is 0.571. The van der Waals surface area contributed by atoms with Gasteiger partial charge in [0.15, 0.2) is 11.4 Å². The fourth-order valence-corrected chi connectivity index (χ4v) is 4.64. The van der Waals surface area contributed by atoms with Crippen LogP contribution < -0.4 is 0 Å². The van der Waals surface area contributed by atoms with Crippen molar-refractivity contribution in [1.82, 2.24) is 19.7 Å². The number of aromatic nitrogens is 3. The van der Waals surface area contributed by atoms with Gasteiger partial charge in [-0.25, -0.2) is 0 Å². The summed E-state index contributed by atoms with van der Waals surface area (Å²) in [5.41, 5.74) is 2.30. The summed E-state index contributed by atoms with van der Waals surface area (Å²) in [6.45, 7) is 7.24. The number of thioether (sulfide) groups is 1. The van der Waals surface area contributed by atoms with Crippen molar-refractivity contribution in [3.8, 4) is 5.69 Å². The van der Waals surface area contributed by atoms with Crippen molar-refractivity contribution < 1.29 is 14.3 Å². The Morgan fingerprint density at radius 3 is 2.52 bits per heavy atom. The van der Waals surface area contributed by atoms with E-state index in [0.717, 1.165) is 36.8 Å². The highest BCUT2D eigenvalue weighted by Crippen LogP contribution is 2.27. The number of carbonyl (C=O) groups excluding carboxylic acids is 1. The molecular weight excluding hydrogens is 388 g/mol. The molecule has 1 amide bonds. The molecular formula is C21H28N4O3S. The molecule has 8 heteroatoms. The maximum Gasteiger partial charge on any atom is 0.233 e. The predicted octanol–water partition coefficient (Wildman–Crippen LogP) is 3.09. The van der Waals surface area contributed by atoms with Gasteiger partial charge in [0.25, 0.3) is 0 Å². The number of ether oxygens (including phenoxy) is 2. The second-order valence-electron chi connectivity index (χ2n) is 7.85. The molecule has 2 fully saturated rings. The number of benzene rings is 1. The van der Waals surface area contributed by atoms with E-state index in [9.17, 15) is 4.79 Å². The summed E-state index contributed by atoms with van der Waals surface area (Å²) in [5, 5.41) is 8.98. The van der Waals surface area contributed by atoms with E-state index in [-0.39, 0.29) is 12.2 Å². The Labute approximate surface area is 175 Å². The van der Waals surface area contributed by atoms with Crippen molar-refractivity contribution in [3.05, 3.63) is 36.2 Å². The maximum absolute atomic E-state index is 12.7. The Morgan fingerprint density at radius 2 is 1.86 bits per heavy atom. The standard InChI is InChI=1S/C21H28N4O3S/c1-15(2)16-3-5-18(6-4-16)25-14-22-23-21(25)29-13-19(26)24-9-7-17(8-10-24)20-27-11-12-28-20/h3-6,14-15,17,20H,7-13H2,1-2H3. The molecule has 0 bridgehead atoms. The van der Waals surface area contributed by atoms with Crippen LogP contribution in [-0.2, 0) is 14.3 Å². The number of carbonyl (C=O) groups is 1. The molecule has 2 saturated heterocycles. The zero-order valence-corrected chi connectivity index (χ0v) is 17.8. The molecule has 1 aromatic carbocycles. The molecule has 29 heavy (non-hydrogen) atoms. The third-order valence-corrected chi connectivity index (χ3v) is 6.53. The van der Waals surface area contributed by atoms with Crippen LogP contribution in [0.1, 0.15) is 38.2 Å². The average molecular weight is 417 g/mol. The van der Waals surface area contributed by atoms with Gasteiger partial charge in [-0.15, -0.1) is 10.2 Å². The van der Waals surface area contributed by atoms with Crippen molar-refractivity contribution in [3.63, 3.8) is 0 Å². The summed E-state index contributed by atoms with van der Waals surface area (Å²) in [6, 6.07) is 8.40. The largest absolute Gasteiger partial charge is 0.350 e. The van der Waals surface area contributed by atoms with Crippen LogP contribution in [0.5, 0.6) is 0 Å². The molecule has 3 heterocycles. The first-order valence-electron chi connectivity index (χ1n) is 10.3. The number of rotatable bonds is 6. The molecule has 0 saturated carbocycles. The molecule has 4 rings (SSSR count). The molecule has 0 radical (unpaired) electrons. The van der Waals surface area contributed by atoms with Crippen LogP contribution in [0.3, 0.4) is 0 Å². The first-order chi connectivity index (χ1) is 14.1. The smallest absolute Gasteiger partial charge is 0.233 e. The van der Waals surface area contributed by atoms with Crippen molar-refractivity contribution in [2.24, 2.45) is 5.92 Å². The second-order valence-corrected chi connectivity index (χ2v) is 8.79. The lowest BCUT2D eigenvalue weighted by molar-refractivity contribution is -0.134. The molecule has 2 aliphatic heterocycles. The Balaban J connectivity index is 1.31. The van der Waals surface area contributed by atoms with Gasteiger partial charge in [-0.05, 0) is 36.5 Å². The SMILES string of the molecule is CC(C)c1ccc(-n2cnnc2SCC(=O)N2CCC(C3OCCO3)CC2)cc1. The number of likely N-dealkylation sites (tertiary alicyclic amines) is 1. The van der Waals surface area contributed by atoms with Crippen LogP contribution in [0.15, 0.2) is 35.7 Å². The molecule has 2 aliphatic rings. The summed E-state index contributed by atoms with van der Waals surface area (Å²) < 4.78 is 13.2. The van der Waals surface area contributed by atoms with Crippen LogP contribution in [0.25, 0.3) is 5.69 Å². The number of hydrogen-bond donors (Lipinski definition) is 0. The molecule has 0 unspecified atom stereocenters. The summed E-state index contributed by atoms with van der Waals surface area (Å²) in [4.78, 5) is 14.6. The third kappa shape index (κ3) is 4.82. The minimum Gasteiger partial charge on any atom is -0.350 e. The van der Waals surface area contributed by atoms with Gasteiger partial charge in [-0.3, -0.25) is 9.36 Å². The van der Waals surface area contributed by atoms with Crippen LogP contribution in [0, 0.1) is 5.92 Å². The molecule has 0 spiro atoms. The lowest BCUT2D eigenvalue weighted by atomic mass is 9.96. The number of amides is 1. The van der Waals surface area contributed by atoms with E-state index in [1.54, 1.807) is 6.33 Å². The number of hydrogen-bond acceptors (Lipinski definition) is 6. The highest BCUT2D eigenvalue weighted by atomic mass is 32.2. The van der Waals surface area contributed by atoms with E-state index < -0.39 is 0 Å². The number of piperidine rings is 1. The minimum atomic E-state index is -0.0812. The van der Waals surface area contributed by atoms with Crippen molar-refractivity contribution in [2.45, 2.75) is 44.1 Å². The molecule has 2 aromatic rings. The summed E-state index contributed by atoms with van der Waals surface area (Å²) in [7, 11) is 0. The molecule has 0 N–H and O–H groups in total. The summed E-state index contributed by atoms with van der Waals surface area (Å²) in [6.07, 6.45) is 3.48. The third-order valence-electron chi connectivity index (χ3n) is 5.60. The predicted molar refractivity (Wildman–Crippen MR) is 111 cm³/mol. The van der Waals surface area contributed by atoms with Gasteiger partial charge in [-0.2, -0.15) is 0 Å². The van der Waals surface area contributed by atoms with Crippen LogP contribution >= 0.6 is 11.8 Å². The van der Waals surface area contributed by atoms with Crippen molar-refractivity contribution in [2.75, 3.05) is 32.1 Å². The number of nitrogens with zero attached hydrogens (tertiary/aromatic N) is 4. The molecule has 1 aromatic heterocycles. The quantitative estimate of drug-likeness (QED) is 0.674. The van der Waals surface area contributed by atoms with E-state index >= 15 is 0 Å². The molecule has 0 aliphatic carbocycles. The van der Waals surface area contributed by atoms with E-state index in [1.165, 1.54) is 17.3 Å². The van der Waals surface area contributed by atoms with Crippen molar-refractivity contribution in [1.29, 1.82) is 0 Å². The van der Waals surface area contributed by atoms with Crippen molar-refractivity contribution >= 4 is 17.7 Å². The van der Waals surface area contributed by atoms with E-state index in [4.69, 9.17) is 9.47 Å². The van der Waals surface area contributed by atoms with Gasteiger partial charge < -0.3 is 14.4 Å². The summed E-state index contributed by atoms with van der Waals surface area (Å²) >= 11 is 1.44. The monoisotopic (exact) mass is 416 g/mol. The molecule has 156 valence electrons. The van der Waals surface area contributed by atoms with Gasteiger partial charge in [0, 0.05) is 24.7 Å². The first-order valence-corrected chi connectivity index (χ1v) is 11.2. The topological polar surface area (TPSA) is 69.5 Å². The molecule has 7 nitrogen and oxygen atoms in total. The van der Waals surface area contributed by atoms with Crippen LogP contribution in [0.4, 0.5) is 0 Å². The zero-order chi connectivity index (χ0) is 20.2. The normalized spacial score (nSPS) is 18.7. The van der Waals surface area contributed by atoms with Gasteiger partial charge >= 0.3 is 0 Å². The van der Waals surface area contributed by atoms with E-state index in [1.807, 2.05) is 9.47 Å². The van der Waals surface area contributed by atoms with Gasteiger partial charge in [0.05, 0.1) is 19.0 Å². The Hall–Kier alpha value is -1.90. The Morgan fingerprint density at radius 1 is 1.17 bits per heavy atom. The van der Waals surface area contributed by atoms with Gasteiger partial charge in [0.1, 0.15) is 6.33 Å². The highest BCUT2D eigenvalue weighted by Gasteiger charge is 2.31. The lowest BCUT2D eigenvalue weighted by Crippen LogP contribution is -2.42. The Bertz CT molecular complexity index is 810. The average Bonchev–Trinajstić information content (AvgIpc) is 3.44. The van der Waals surface area contributed by atoms with Crippen LogP contribution in [-0.4, -0.2) is 63.9 Å². The van der Waals surface area contributed by atoms with E-state index in [2.05, 4.69) is 48.3 Å². The second kappa shape index (κ2) is 9.28.